The smallest absolute Gasteiger partial charge is 0.272 e. The summed E-state index contributed by atoms with van der Waals surface area (Å²) in [7, 11) is 0. The van der Waals surface area contributed by atoms with Crippen LogP contribution in [0, 0.1) is 0 Å². The van der Waals surface area contributed by atoms with Crippen molar-refractivity contribution in [1.29, 1.82) is 0 Å². The van der Waals surface area contributed by atoms with Gasteiger partial charge in [-0.05, 0) is 31.4 Å². The van der Waals surface area contributed by atoms with E-state index >= 15 is 0 Å². The fourth-order valence-corrected chi connectivity index (χ4v) is 2.26. The van der Waals surface area contributed by atoms with Gasteiger partial charge in [0.05, 0.1) is 0 Å². The van der Waals surface area contributed by atoms with Gasteiger partial charge in [-0.2, -0.15) is 5.10 Å². The number of amides is 1. The quantitative estimate of drug-likeness (QED) is 0.918. The summed E-state index contributed by atoms with van der Waals surface area (Å²) in [5.41, 5.74) is 1.12. The molecule has 1 amide bonds. The molecular weight excluding hydrogens is 282 g/mol. The highest BCUT2D eigenvalue weighted by molar-refractivity contribution is 5.91. The molecule has 0 aromatic carbocycles. The average Bonchev–Trinajstić information content (AvgIpc) is 2.61. The lowest BCUT2D eigenvalue weighted by atomic mass is 10.1. The molecule has 1 N–H and O–H groups in total. The van der Waals surface area contributed by atoms with Gasteiger partial charge in [0.15, 0.2) is 11.5 Å². The van der Waals surface area contributed by atoms with Crippen molar-refractivity contribution in [2.45, 2.75) is 31.9 Å². The molecule has 0 radical (unpaired) electrons. The Morgan fingerprint density at radius 1 is 1.32 bits per heavy atom. The van der Waals surface area contributed by atoms with E-state index < -0.39 is 0 Å². The van der Waals surface area contributed by atoms with E-state index in [0.717, 1.165) is 31.4 Å². The summed E-state index contributed by atoms with van der Waals surface area (Å²) in [5, 5.41) is 10.2. The number of carbonyl (C=O) groups excluding carboxylic acids is 1. The molecule has 22 heavy (non-hydrogen) atoms. The largest absolute Gasteiger partial charge is 0.370 e. The third kappa shape index (κ3) is 3.62. The molecule has 1 fully saturated rings. The van der Waals surface area contributed by atoms with Crippen LogP contribution < -0.4 is 5.32 Å². The first-order valence-corrected chi connectivity index (χ1v) is 7.31. The Morgan fingerprint density at radius 2 is 2.18 bits per heavy atom. The number of hydrogen-bond acceptors (Lipinski definition) is 6. The number of rotatable bonds is 4. The van der Waals surface area contributed by atoms with Crippen molar-refractivity contribution in [3.63, 3.8) is 0 Å². The van der Waals surface area contributed by atoms with Crippen LogP contribution in [0.3, 0.4) is 0 Å². The number of nitrogens with zero attached hydrogens (tertiary/aromatic N) is 4. The van der Waals surface area contributed by atoms with Gasteiger partial charge < -0.3 is 10.1 Å². The van der Waals surface area contributed by atoms with E-state index in [4.69, 9.17) is 4.74 Å². The van der Waals surface area contributed by atoms with Crippen molar-refractivity contribution >= 4 is 5.91 Å². The SMILES string of the molecule is O=C(NCc1cnc([C@H]2CCCCO2)nc1)c1cccnn1. The van der Waals surface area contributed by atoms with E-state index in [-0.39, 0.29) is 17.7 Å². The van der Waals surface area contributed by atoms with E-state index in [1.807, 2.05) is 0 Å². The Labute approximate surface area is 128 Å². The van der Waals surface area contributed by atoms with Gasteiger partial charge in [-0.15, -0.1) is 5.10 Å². The first kappa shape index (κ1) is 14.5. The molecule has 114 valence electrons. The molecule has 0 saturated carbocycles. The Bertz CT molecular complexity index is 612. The lowest BCUT2D eigenvalue weighted by Gasteiger charge is -2.21. The molecule has 0 unspecified atom stereocenters. The molecule has 1 saturated heterocycles. The van der Waals surface area contributed by atoms with E-state index in [1.165, 1.54) is 6.20 Å². The zero-order chi connectivity index (χ0) is 15.2. The van der Waals surface area contributed by atoms with Crippen LogP contribution in [-0.4, -0.2) is 32.7 Å². The fraction of sp³-hybridized carbons (Fsp3) is 0.400. The van der Waals surface area contributed by atoms with Gasteiger partial charge in [0, 0.05) is 37.3 Å². The maximum Gasteiger partial charge on any atom is 0.272 e. The Morgan fingerprint density at radius 3 is 2.86 bits per heavy atom. The second-order valence-corrected chi connectivity index (χ2v) is 5.10. The predicted molar refractivity (Wildman–Crippen MR) is 77.8 cm³/mol. The van der Waals surface area contributed by atoms with Crippen molar-refractivity contribution in [2.24, 2.45) is 0 Å². The second kappa shape index (κ2) is 7.04. The van der Waals surface area contributed by atoms with Crippen LogP contribution in [0.2, 0.25) is 0 Å². The van der Waals surface area contributed by atoms with Crippen LogP contribution in [0.1, 0.15) is 47.2 Å². The molecule has 2 aromatic rings. The first-order chi connectivity index (χ1) is 10.8. The van der Waals surface area contributed by atoms with Crippen molar-refractivity contribution in [3.05, 3.63) is 47.8 Å². The average molecular weight is 299 g/mol. The van der Waals surface area contributed by atoms with Gasteiger partial charge in [-0.3, -0.25) is 4.79 Å². The number of aromatic nitrogens is 4. The van der Waals surface area contributed by atoms with Gasteiger partial charge >= 0.3 is 0 Å². The lowest BCUT2D eigenvalue weighted by Crippen LogP contribution is -2.24. The number of ether oxygens (including phenoxy) is 1. The van der Waals surface area contributed by atoms with E-state index in [2.05, 4.69) is 25.5 Å². The van der Waals surface area contributed by atoms with Crippen LogP contribution in [0.5, 0.6) is 0 Å². The molecule has 1 atom stereocenters. The summed E-state index contributed by atoms with van der Waals surface area (Å²) >= 11 is 0. The summed E-state index contributed by atoms with van der Waals surface area (Å²) < 4.78 is 5.65. The maximum atomic E-state index is 11.9. The lowest BCUT2D eigenvalue weighted by molar-refractivity contribution is 0.00940. The minimum atomic E-state index is -0.271. The highest BCUT2D eigenvalue weighted by Crippen LogP contribution is 2.24. The van der Waals surface area contributed by atoms with Gasteiger partial charge in [0.1, 0.15) is 6.10 Å². The standard InChI is InChI=1S/C15H17N5O2/c21-15(12-4-3-6-19-20-12)18-10-11-8-16-14(17-9-11)13-5-1-2-7-22-13/h3-4,6,8-9,13H,1-2,5,7,10H2,(H,18,21)/t13-/m1/s1. The van der Waals surface area contributed by atoms with Crippen molar-refractivity contribution in [3.8, 4) is 0 Å². The van der Waals surface area contributed by atoms with Crippen molar-refractivity contribution in [1.82, 2.24) is 25.5 Å². The van der Waals surface area contributed by atoms with Crippen molar-refractivity contribution < 1.29 is 9.53 Å². The highest BCUT2D eigenvalue weighted by atomic mass is 16.5. The van der Waals surface area contributed by atoms with Crippen LogP contribution in [0.15, 0.2) is 30.7 Å². The molecule has 7 heteroatoms. The summed E-state index contributed by atoms with van der Waals surface area (Å²) in [5.74, 6) is 0.441. The second-order valence-electron chi connectivity index (χ2n) is 5.10. The Balaban J connectivity index is 1.56. The Hall–Kier alpha value is -2.41. The highest BCUT2D eigenvalue weighted by Gasteiger charge is 2.18. The van der Waals surface area contributed by atoms with Gasteiger partial charge in [-0.1, -0.05) is 0 Å². The molecule has 2 aromatic heterocycles. The minimum absolute atomic E-state index is 0.00279. The number of carbonyl (C=O) groups is 1. The minimum Gasteiger partial charge on any atom is -0.370 e. The maximum absolute atomic E-state index is 11.9. The summed E-state index contributed by atoms with van der Waals surface area (Å²) in [6.45, 7) is 1.12. The molecular formula is C15H17N5O2. The normalized spacial score (nSPS) is 17.9. The van der Waals surface area contributed by atoms with E-state index in [9.17, 15) is 4.79 Å². The third-order valence-electron chi connectivity index (χ3n) is 3.45. The first-order valence-electron chi connectivity index (χ1n) is 7.31. The van der Waals surface area contributed by atoms with Gasteiger partial charge in [-0.25, -0.2) is 9.97 Å². The van der Waals surface area contributed by atoms with E-state index in [1.54, 1.807) is 24.5 Å². The zero-order valence-corrected chi connectivity index (χ0v) is 12.1. The van der Waals surface area contributed by atoms with Crippen LogP contribution in [-0.2, 0) is 11.3 Å². The summed E-state index contributed by atoms with van der Waals surface area (Å²) in [6, 6.07) is 3.28. The monoisotopic (exact) mass is 299 g/mol. The predicted octanol–water partition coefficient (Wildman–Crippen LogP) is 1.44. The third-order valence-corrected chi connectivity index (χ3v) is 3.45. The summed E-state index contributed by atoms with van der Waals surface area (Å²) in [6.07, 6.45) is 8.16. The molecule has 1 aliphatic rings. The van der Waals surface area contributed by atoms with Crippen LogP contribution in [0.25, 0.3) is 0 Å². The number of nitrogens with one attached hydrogen (secondary N) is 1. The zero-order valence-electron chi connectivity index (χ0n) is 12.1. The van der Waals surface area contributed by atoms with Crippen LogP contribution in [0.4, 0.5) is 0 Å². The molecule has 0 spiro atoms. The topological polar surface area (TPSA) is 89.9 Å². The van der Waals surface area contributed by atoms with Crippen molar-refractivity contribution in [2.75, 3.05) is 6.61 Å². The summed E-state index contributed by atoms with van der Waals surface area (Å²) in [4.78, 5) is 20.5. The fourth-order valence-electron chi connectivity index (χ4n) is 2.26. The molecule has 3 heterocycles. The van der Waals surface area contributed by atoms with E-state index in [0.29, 0.717) is 12.4 Å². The van der Waals surface area contributed by atoms with Gasteiger partial charge in [0.25, 0.3) is 5.91 Å². The molecule has 3 rings (SSSR count). The molecule has 0 aliphatic carbocycles. The van der Waals surface area contributed by atoms with Gasteiger partial charge in [0.2, 0.25) is 0 Å². The Kier molecular flexibility index (Phi) is 4.65. The van der Waals surface area contributed by atoms with Crippen LogP contribution >= 0.6 is 0 Å². The molecule has 1 aliphatic heterocycles. The number of hydrogen-bond donors (Lipinski definition) is 1. The molecule has 0 bridgehead atoms. The molecule has 7 nitrogen and oxygen atoms in total.